The van der Waals surface area contributed by atoms with Gasteiger partial charge < -0.3 is 5.32 Å². The number of benzene rings is 1. The molecule has 1 saturated carbocycles. The Hall–Kier alpha value is -0.600. The van der Waals surface area contributed by atoms with Gasteiger partial charge in [-0.2, -0.15) is 0 Å². The van der Waals surface area contributed by atoms with Gasteiger partial charge in [0.2, 0.25) is 0 Å². The molecule has 3 atom stereocenters. The third-order valence-electron chi connectivity index (χ3n) is 4.79. The van der Waals surface area contributed by atoms with Gasteiger partial charge in [0, 0.05) is 6.04 Å². The molecule has 1 aliphatic carbocycles. The molecule has 0 radical (unpaired) electrons. The molecule has 0 spiro atoms. The summed E-state index contributed by atoms with van der Waals surface area (Å²) < 4.78 is 13.4. The lowest BCUT2D eigenvalue weighted by Crippen LogP contribution is -2.32. The highest BCUT2D eigenvalue weighted by Crippen LogP contribution is 2.39. The Labute approximate surface area is 133 Å². The molecule has 0 amide bonds. The molecular formula is C18H27ClFN. The lowest BCUT2D eigenvalue weighted by Gasteiger charge is -2.35. The van der Waals surface area contributed by atoms with Crippen LogP contribution in [-0.2, 0) is 0 Å². The zero-order chi connectivity index (χ0) is 15.2. The zero-order valence-corrected chi connectivity index (χ0v) is 13.9. The largest absolute Gasteiger partial charge is 0.310 e. The van der Waals surface area contributed by atoms with Gasteiger partial charge in [-0.15, -0.1) is 0 Å². The molecule has 1 nitrogen and oxygen atoms in total. The third-order valence-corrected chi connectivity index (χ3v) is 5.08. The predicted octanol–water partition coefficient (Wildman–Crippen LogP) is 5.74. The van der Waals surface area contributed by atoms with Crippen molar-refractivity contribution in [1.82, 2.24) is 5.32 Å². The maximum Gasteiger partial charge on any atom is 0.141 e. The molecule has 1 N–H and O–H groups in total. The molecule has 118 valence electrons. The highest BCUT2D eigenvalue weighted by Gasteiger charge is 2.28. The second-order valence-corrected chi connectivity index (χ2v) is 6.71. The van der Waals surface area contributed by atoms with E-state index in [0.29, 0.717) is 12.0 Å². The molecular weight excluding hydrogens is 285 g/mol. The molecule has 1 aromatic carbocycles. The number of nitrogens with one attached hydrogen (secondary N) is 1. The molecule has 2 rings (SSSR count). The van der Waals surface area contributed by atoms with Crippen LogP contribution in [0.3, 0.4) is 0 Å². The normalized spacial score (nSPS) is 24.0. The Morgan fingerprint density at radius 1 is 1.33 bits per heavy atom. The van der Waals surface area contributed by atoms with Crippen LogP contribution in [0.25, 0.3) is 0 Å². The molecule has 0 heterocycles. The van der Waals surface area contributed by atoms with Crippen LogP contribution in [0.2, 0.25) is 5.02 Å². The fourth-order valence-electron chi connectivity index (χ4n) is 3.57. The summed E-state index contributed by atoms with van der Waals surface area (Å²) in [5.41, 5.74) is 1.14. The van der Waals surface area contributed by atoms with E-state index in [4.69, 9.17) is 11.6 Å². The molecule has 0 aromatic heterocycles. The molecule has 0 saturated heterocycles. The topological polar surface area (TPSA) is 12.0 Å². The first-order valence-corrected chi connectivity index (χ1v) is 8.71. The van der Waals surface area contributed by atoms with Crippen LogP contribution in [0, 0.1) is 17.7 Å². The van der Waals surface area contributed by atoms with Crippen LogP contribution in [-0.4, -0.2) is 6.54 Å². The van der Waals surface area contributed by atoms with Gasteiger partial charge in [-0.25, -0.2) is 4.39 Å². The molecule has 21 heavy (non-hydrogen) atoms. The second-order valence-electron chi connectivity index (χ2n) is 6.31. The summed E-state index contributed by atoms with van der Waals surface area (Å²) >= 11 is 5.98. The van der Waals surface area contributed by atoms with E-state index in [0.717, 1.165) is 24.4 Å². The maximum absolute atomic E-state index is 13.4. The summed E-state index contributed by atoms with van der Waals surface area (Å²) in [6.45, 7) is 5.46. The summed E-state index contributed by atoms with van der Waals surface area (Å²) in [5.74, 6) is 1.15. The van der Waals surface area contributed by atoms with E-state index >= 15 is 0 Å². The van der Waals surface area contributed by atoms with E-state index in [1.165, 1.54) is 38.2 Å². The molecule has 1 aliphatic rings. The van der Waals surface area contributed by atoms with Crippen molar-refractivity contribution in [3.8, 4) is 0 Å². The first-order valence-electron chi connectivity index (χ1n) is 8.34. The summed E-state index contributed by atoms with van der Waals surface area (Å²) in [5, 5.41) is 3.90. The van der Waals surface area contributed by atoms with E-state index in [9.17, 15) is 4.39 Å². The third kappa shape index (κ3) is 4.43. The van der Waals surface area contributed by atoms with Crippen LogP contribution in [0.4, 0.5) is 4.39 Å². The van der Waals surface area contributed by atoms with Gasteiger partial charge in [0.05, 0.1) is 5.02 Å². The number of halogens is 2. The van der Waals surface area contributed by atoms with Crippen LogP contribution >= 0.6 is 11.6 Å². The van der Waals surface area contributed by atoms with Crippen molar-refractivity contribution in [2.24, 2.45) is 11.8 Å². The summed E-state index contributed by atoms with van der Waals surface area (Å²) in [6, 6.07) is 5.50. The quantitative estimate of drug-likeness (QED) is 0.706. The fraction of sp³-hybridized carbons (Fsp3) is 0.667. The Kier molecular flexibility index (Phi) is 6.50. The molecule has 3 heteroatoms. The van der Waals surface area contributed by atoms with Gasteiger partial charge in [0.1, 0.15) is 5.82 Å². The monoisotopic (exact) mass is 311 g/mol. The summed E-state index contributed by atoms with van der Waals surface area (Å²) in [7, 11) is 0. The molecule has 0 bridgehead atoms. The SMILES string of the molecule is CCCNC(c1ccc(F)c(Cl)c1)C1CCCC(CC)C1. The highest BCUT2D eigenvalue weighted by molar-refractivity contribution is 6.30. The lowest BCUT2D eigenvalue weighted by atomic mass is 9.75. The van der Waals surface area contributed by atoms with Gasteiger partial charge in [0.15, 0.2) is 0 Å². The van der Waals surface area contributed by atoms with Crippen molar-refractivity contribution in [2.45, 2.75) is 58.4 Å². The Balaban J connectivity index is 2.18. The summed E-state index contributed by atoms with van der Waals surface area (Å²) in [6.07, 6.45) is 7.57. The van der Waals surface area contributed by atoms with Gasteiger partial charge >= 0.3 is 0 Å². The van der Waals surface area contributed by atoms with E-state index in [1.807, 2.05) is 6.07 Å². The van der Waals surface area contributed by atoms with E-state index in [-0.39, 0.29) is 10.8 Å². The number of hydrogen-bond acceptors (Lipinski definition) is 1. The second kappa shape index (κ2) is 8.14. The number of rotatable bonds is 6. The van der Waals surface area contributed by atoms with Gasteiger partial charge in [-0.3, -0.25) is 0 Å². The first kappa shape index (κ1) is 16.8. The van der Waals surface area contributed by atoms with Crippen LogP contribution in [0.15, 0.2) is 18.2 Å². The van der Waals surface area contributed by atoms with Crippen molar-refractivity contribution < 1.29 is 4.39 Å². The molecule has 3 unspecified atom stereocenters. The van der Waals surface area contributed by atoms with E-state index in [2.05, 4.69) is 19.2 Å². The zero-order valence-electron chi connectivity index (χ0n) is 13.2. The maximum atomic E-state index is 13.4. The molecule has 1 fully saturated rings. The summed E-state index contributed by atoms with van der Waals surface area (Å²) in [4.78, 5) is 0. The smallest absolute Gasteiger partial charge is 0.141 e. The minimum absolute atomic E-state index is 0.235. The van der Waals surface area contributed by atoms with Crippen LogP contribution in [0.5, 0.6) is 0 Å². The van der Waals surface area contributed by atoms with Crippen molar-refractivity contribution in [1.29, 1.82) is 0 Å². The van der Waals surface area contributed by atoms with Crippen LogP contribution in [0.1, 0.15) is 64.0 Å². The Morgan fingerprint density at radius 2 is 2.14 bits per heavy atom. The van der Waals surface area contributed by atoms with E-state index in [1.54, 1.807) is 6.07 Å². The van der Waals surface area contributed by atoms with Crippen LogP contribution < -0.4 is 5.32 Å². The van der Waals surface area contributed by atoms with Gasteiger partial charge in [-0.1, -0.05) is 50.8 Å². The van der Waals surface area contributed by atoms with Crippen molar-refractivity contribution in [2.75, 3.05) is 6.54 Å². The lowest BCUT2D eigenvalue weighted by molar-refractivity contribution is 0.209. The molecule has 0 aliphatic heterocycles. The van der Waals surface area contributed by atoms with Crippen molar-refractivity contribution in [3.05, 3.63) is 34.6 Å². The first-order chi connectivity index (χ1) is 10.2. The van der Waals surface area contributed by atoms with Gasteiger partial charge in [-0.05, 0) is 55.3 Å². The predicted molar refractivity (Wildman–Crippen MR) is 88.2 cm³/mol. The average molecular weight is 312 g/mol. The fourth-order valence-corrected chi connectivity index (χ4v) is 3.76. The standard InChI is InChI=1S/C18H27ClFN/c1-3-10-21-18(14-7-5-6-13(4-2)11-14)15-8-9-17(20)16(19)12-15/h8-9,12-14,18,21H,3-7,10-11H2,1-2H3. The number of hydrogen-bond donors (Lipinski definition) is 1. The minimum atomic E-state index is -0.329. The van der Waals surface area contributed by atoms with Gasteiger partial charge in [0.25, 0.3) is 0 Å². The average Bonchev–Trinajstić information content (AvgIpc) is 2.51. The van der Waals surface area contributed by atoms with Crippen molar-refractivity contribution >= 4 is 11.6 Å². The highest BCUT2D eigenvalue weighted by atomic mass is 35.5. The molecule has 1 aromatic rings. The van der Waals surface area contributed by atoms with E-state index < -0.39 is 0 Å². The van der Waals surface area contributed by atoms with Crippen molar-refractivity contribution in [3.63, 3.8) is 0 Å². The minimum Gasteiger partial charge on any atom is -0.310 e. The Morgan fingerprint density at radius 3 is 2.81 bits per heavy atom. The Bertz CT molecular complexity index is 449.